The van der Waals surface area contributed by atoms with Crippen molar-refractivity contribution in [3.05, 3.63) is 0 Å². The van der Waals surface area contributed by atoms with Crippen LogP contribution in [0.2, 0.25) is 0 Å². The van der Waals surface area contributed by atoms with Crippen LogP contribution in [-0.4, -0.2) is 29.7 Å². The van der Waals surface area contributed by atoms with Crippen molar-refractivity contribution in [1.82, 2.24) is 10.6 Å². The highest BCUT2D eigenvalue weighted by Gasteiger charge is 2.20. The maximum atomic E-state index is 11.7. The number of hydrogen-bond acceptors (Lipinski definition) is 2. The number of carboxylic acid groups (broad SMARTS) is 1. The molecule has 0 spiro atoms. The smallest absolute Gasteiger partial charge is 0.326 e. The highest BCUT2D eigenvalue weighted by molar-refractivity contribution is 5.82. The molecule has 1 atom stereocenters. The Morgan fingerprint density at radius 1 is 1.26 bits per heavy atom. The second-order valence-electron chi connectivity index (χ2n) is 5.39. The van der Waals surface area contributed by atoms with Gasteiger partial charge in [0.25, 0.3) is 0 Å². The van der Waals surface area contributed by atoms with E-state index in [2.05, 4.69) is 10.6 Å². The summed E-state index contributed by atoms with van der Waals surface area (Å²) in [6.45, 7) is 2.66. The number of nitrogens with one attached hydrogen (secondary N) is 2. The molecule has 5 heteroatoms. The summed E-state index contributed by atoms with van der Waals surface area (Å²) < 4.78 is 0. The van der Waals surface area contributed by atoms with Crippen molar-refractivity contribution in [2.24, 2.45) is 5.92 Å². The summed E-state index contributed by atoms with van der Waals surface area (Å²) in [7, 11) is 0. The molecular weight excluding hydrogens is 244 g/mol. The van der Waals surface area contributed by atoms with Gasteiger partial charge in [-0.1, -0.05) is 39.0 Å². The largest absolute Gasteiger partial charge is 0.480 e. The number of unbranched alkanes of at least 4 members (excludes halogenated alkanes) is 1. The van der Waals surface area contributed by atoms with E-state index in [1.807, 2.05) is 6.92 Å². The third kappa shape index (κ3) is 6.45. The number of carbonyl (C=O) groups excluding carboxylic acids is 1. The molecule has 1 rings (SSSR count). The summed E-state index contributed by atoms with van der Waals surface area (Å²) in [6.07, 6.45) is 8.32. The fraction of sp³-hybridized carbons (Fsp3) is 0.857. The summed E-state index contributed by atoms with van der Waals surface area (Å²) in [6, 6.07) is -1.12. The first-order chi connectivity index (χ1) is 9.13. The number of carboxylic acids is 1. The molecule has 1 unspecified atom stereocenters. The number of aliphatic carboxylic acids is 1. The lowest BCUT2D eigenvalue weighted by Crippen LogP contribution is -2.47. The third-order valence-electron chi connectivity index (χ3n) is 3.73. The molecule has 1 aliphatic carbocycles. The molecule has 0 heterocycles. The predicted molar refractivity (Wildman–Crippen MR) is 74.1 cm³/mol. The minimum Gasteiger partial charge on any atom is -0.480 e. The van der Waals surface area contributed by atoms with Crippen LogP contribution in [-0.2, 0) is 4.79 Å². The van der Waals surface area contributed by atoms with E-state index in [9.17, 15) is 9.59 Å². The van der Waals surface area contributed by atoms with E-state index in [4.69, 9.17) is 5.11 Å². The van der Waals surface area contributed by atoms with Crippen LogP contribution in [0.25, 0.3) is 0 Å². The number of carbonyl (C=O) groups is 2. The van der Waals surface area contributed by atoms with Crippen molar-refractivity contribution in [2.75, 3.05) is 6.54 Å². The molecule has 0 radical (unpaired) electrons. The summed E-state index contributed by atoms with van der Waals surface area (Å²) in [5.74, 6) is -0.403. The average Bonchev–Trinajstić information content (AvgIpc) is 2.42. The second-order valence-corrected chi connectivity index (χ2v) is 5.39. The van der Waals surface area contributed by atoms with E-state index in [-0.39, 0.29) is 6.03 Å². The first kappa shape index (κ1) is 15.8. The quantitative estimate of drug-likeness (QED) is 0.665. The Kier molecular flexibility index (Phi) is 7.30. The zero-order chi connectivity index (χ0) is 14.1. The number of urea groups is 1. The van der Waals surface area contributed by atoms with Crippen molar-refractivity contribution in [1.29, 1.82) is 0 Å². The zero-order valence-electron chi connectivity index (χ0n) is 11.8. The molecule has 1 saturated carbocycles. The summed E-state index contributed by atoms with van der Waals surface area (Å²) in [5, 5.41) is 14.4. The topological polar surface area (TPSA) is 78.4 Å². The number of amides is 2. The molecule has 0 aromatic rings. The Hall–Kier alpha value is -1.26. The van der Waals surface area contributed by atoms with E-state index < -0.39 is 12.0 Å². The van der Waals surface area contributed by atoms with Gasteiger partial charge in [0.05, 0.1) is 0 Å². The Morgan fingerprint density at radius 3 is 2.53 bits per heavy atom. The minimum absolute atomic E-state index is 0.353. The Morgan fingerprint density at radius 2 is 1.95 bits per heavy atom. The van der Waals surface area contributed by atoms with Crippen LogP contribution in [0.15, 0.2) is 0 Å². The molecule has 3 N–H and O–H groups in total. The van der Waals surface area contributed by atoms with Gasteiger partial charge in [0, 0.05) is 6.54 Å². The summed E-state index contributed by atoms with van der Waals surface area (Å²) in [5.41, 5.74) is 0. The molecule has 0 bridgehead atoms. The molecule has 19 heavy (non-hydrogen) atoms. The molecule has 1 fully saturated rings. The molecule has 2 amide bonds. The Balaban J connectivity index is 2.25. The van der Waals surface area contributed by atoms with Crippen LogP contribution in [0.4, 0.5) is 4.79 Å². The molecule has 0 aliphatic heterocycles. The van der Waals surface area contributed by atoms with Crippen LogP contribution in [0.3, 0.4) is 0 Å². The van der Waals surface area contributed by atoms with E-state index in [1.54, 1.807) is 0 Å². The van der Waals surface area contributed by atoms with Crippen molar-refractivity contribution in [2.45, 2.75) is 64.3 Å². The average molecular weight is 270 g/mol. The molecule has 110 valence electrons. The monoisotopic (exact) mass is 270 g/mol. The van der Waals surface area contributed by atoms with Gasteiger partial charge >= 0.3 is 12.0 Å². The van der Waals surface area contributed by atoms with E-state index >= 15 is 0 Å². The first-order valence-corrected chi connectivity index (χ1v) is 7.40. The predicted octanol–water partition coefficient (Wildman–Crippen LogP) is 2.51. The highest BCUT2D eigenvalue weighted by atomic mass is 16.4. The van der Waals surface area contributed by atoms with Crippen LogP contribution >= 0.6 is 0 Å². The minimum atomic E-state index is -0.957. The first-order valence-electron chi connectivity index (χ1n) is 7.40. The van der Waals surface area contributed by atoms with Gasteiger partial charge in [-0.25, -0.2) is 9.59 Å². The van der Waals surface area contributed by atoms with E-state index in [1.165, 1.54) is 32.1 Å². The molecule has 1 aliphatic rings. The van der Waals surface area contributed by atoms with Crippen LogP contribution in [0.1, 0.15) is 58.3 Å². The molecule has 0 saturated heterocycles. The van der Waals surface area contributed by atoms with Gasteiger partial charge in [-0.05, 0) is 25.2 Å². The molecule has 0 aromatic heterocycles. The van der Waals surface area contributed by atoms with Crippen LogP contribution in [0.5, 0.6) is 0 Å². The Bertz CT molecular complexity index is 288. The van der Waals surface area contributed by atoms with Crippen LogP contribution < -0.4 is 10.6 Å². The maximum absolute atomic E-state index is 11.7. The van der Waals surface area contributed by atoms with E-state index in [0.29, 0.717) is 18.9 Å². The summed E-state index contributed by atoms with van der Waals surface area (Å²) in [4.78, 5) is 22.7. The van der Waals surface area contributed by atoms with Crippen molar-refractivity contribution < 1.29 is 14.7 Å². The van der Waals surface area contributed by atoms with Gasteiger partial charge in [-0.3, -0.25) is 0 Å². The van der Waals surface area contributed by atoms with Gasteiger partial charge in [0.15, 0.2) is 0 Å². The Labute approximate surface area is 115 Å². The van der Waals surface area contributed by atoms with Crippen LogP contribution in [0, 0.1) is 5.92 Å². The normalized spacial score (nSPS) is 17.7. The zero-order valence-corrected chi connectivity index (χ0v) is 11.8. The van der Waals surface area contributed by atoms with Gasteiger partial charge in [0.1, 0.15) is 6.04 Å². The van der Waals surface area contributed by atoms with Crippen molar-refractivity contribution >= 4 is 12.0 Å². The third-order valence-corrected chi connectivity index (χ3v) is 3.73. The molecule has 5 nitrogen and oxygen atoms in total. The summed E-state index contributed by atoms with van der Waals surface area (Å²) >= 11 is 0. The van der Waals surface area contributed by atoms with Gasteiger partial charge in [-0.2, -0.15) is 0 Å². The highest BCUT2D eigenvalue weighted by Crippen LogP contribution is 2.22. The van der Waals surface area contributed by atoms with Crippen molar-refractivity contribution in [3.8, 4) is 0 Å². The van der Waals surface area contributed by atoms with Gasteiger partial charge < -0.3 is 15.7 Å². The van der Waals surface area contributed by atoms with Gasteiger partial charge in [-0.15, -0.1) is 0 Å². The fourth-order valence-corrected chi connectivity index (χ4v) is 2.50. The van der Waals surface area contributed by atoms with Gasteiger partial charge in [0.2, 0.25) is 0 Å². The standard InChI is InChI=1S/C14H26N2O3/c1-2-3-9-12(13(17)18)16-14(19)15-10-11-7-5-4-6-8-11/h11-12H,2-10H2,1H3,(H,17,18)(H2,15,16,19). The van der Waals surface area contributed by atoms with E-state index in [0.717, 1.165) is 12.8 Å². The molecular formula is C14H26N2O3. The lowest BCUT2D eigenvalue weighted by atomic mass is 9.89. The number of hydrogen-bond donors (Lipinski definition) is 3. The maximum Gasteiger partial charge on any atom is 0.326 e. The number of rotatable bonds is 7. The lowest BCUT2D eigenvalue weighted by Gasteiger charge is -2.22. The molecule has 0 aromatic carbocycles. The lowest BCUT2D eigenvalue weighted by molar-refractivity contribution is -0.139. The SMILES string of the molecule is CCCCC(NC(=O)NCC1CCCCC1)C(=O)O. The fourth-order valence-electron chi connectivity index (χ4n) is 2.50. The van der Waals surface area contributed by atoms with Crippen molar-refractivity contribution in [3.63, 3.8) is 0 Å². The second kappa shape index (κ2) is 8.77.